The highest BCUT2D eigenvalue weighted by Crippen LogP contribution is 2.46. The molecule has 0 amide bonds. The van der Waals surface area contributed by atoms with E-state index in [-0.39, 0.29) is 0 Å². The summed E-state index contributed by atoms with van der Waals surface area (Å²) in [6.45, 7) is 6.39. The average Bonchev–Trinajstić information content (AvgIpc) is 2.66. The van der Waals surface area contributed by atoms with Crippen molar-refractivity contribution >= 4 is 5.69 Å². The molecule has 0 atom stereocenters. The number of ether oxygens (including phenoxy) is 1. The Morgan fingerprint density at radius 3 is 2.75 bits per heavy atom. The van der Waals surface area contributed by atoms with E-state index in [0.717, 1.165) is 19.8 Å². The van der Waals surface area contributed by atoms with Gasteiger partial charge in [0.05, 0.1) is 0 Å². The normalized spacial score (nSPS) is 22.4. The summed E-state index contributed by atoms with van der Waals surface area (Å²) in [5.74, 6) is 0. The molecule has 3 rings (SSSR count). The summed E-state index contributed by atoms with van der Waals surface area (Å²) >= 11 is 0. The van der Waals surface area contributed by atoms with Crippen LogP contribution in [0.5, 0.6) is 0 Å². The lowest BCUT2D eigenvalue weighted by Gasteiger charge is -2.34. The van der Waals surface area contributed by atoms with Gasteiger partial charge in [-0.1, -0.05) is 18.2 Å². The maximum Gasteiger partial charge on any atom is 0.0475 e. The number of fused-ring (bicyclic) bond motifs is 2. The van der Waals surface area contributed by atoms with Gasteiger partial charge in [0.1, 0.15) is 0 Å². The maximum absolute atomic E-state index is 5.52. The van der Waals surface area contributed by atoms with E-state index in [1.54, 1.807) is 5.56 Å². The van der Waals surface area contributed by atoms with Crippen LogP contribution in [0.1, 0.15) is 25.3 Å². The van der Waals surface area contributed by atoms with Gasteiger partial charge in [-0.2, -0.15) is 0 Å². The summed E-state index contributed by atoms with van der Waals surface area (Å²) in [5, 5.41) is 0. The number of nitrogens with zero attached hydrogens (tertiary/aromatic N) is 1. The maximum atomic E-state index is 5.52. The van der Waals surface area contributed by atoms with E-state index >= 15 is 0 Å². The van der Waals surface area contributed by atoms with E-state index in [0.29, 0.717) is 5.41 Å². The summed E-state index contributed by atoms with van der Waals surface area (Å²) < 4.78 is 5.52. The van der Waals surface area contributed by atoms with Crippen molar-refractivity contribution in [2.75, 3.05) is 31.2 Å². The number of benzene rings is 1. The predicted octanol–water partition coefficient (Wildman–Crippen LogP) is 2.57. The lowest BCUT2D eigenvalue weighted by molar-refractivity contribution is 0.0554. The fourth-order valence-electron chi connectivity index (χ4n) is 3.21. The van der Waals surface area contributed by atoms with Crippen molar-refractivity contribution in [2.24, 2.45) is 0 Å². The van der Waals surface area contributed by atoms with Crippen molar-refractivity contribution in [1.82, 2.24) is 0 Å². The van der Waals surface area contributed by atoms with Crippen molar-refractivity contribution in [3.63, 3.8) is 0 Å². The Morgan fingerprint density at radius 2 is 2.00 bits per heavy atom. The highest BCUT2D eigenvalue weighted by Gasteiger charge is 2.42. The zero-order valence-corrected chi connectivity index (χ0v) is 9.91. The molecular weight excluding hydrogens is 198 g/mol. The Bertz CT molecular complexity index is 382. The monoisotopic (exact) mass is 217 g/mol. The van der Waals surface area contributed by atoms with Gasteiger partial charge in [0, 0.05) is 37.4 Å². The summed E-state index contributed by atoms with van der Waals surface area (Å²) in [7, 11) is 0. The molecule has 2 nitrogen and oxygen atoms in total. The Balaban J connectivity index is 2.04. The zero-order chi connectivity index (χ0) is 11.0. The van der Waals surface area contributed by atoms with Crippen molar-refractivity contribution in [3.8, 4) is 0 Å². The quantitative estimate of drug-likeness (QED) is 0.717. The molecule has 2 heteroatoms. The molecule has 1 saturated heterocycles. The van der Waals surface area contributed by atoms with E-state index in [1.807, 2.05) is 0 Å². The van der Waals surface area contributed by atoms with Gasteiger partial charge in [0.25, 0.3) is 0 Å². The van der Waals surface area contributed by atoms with Crippen LogP contribution in [0.2, 0.25) is 0 Å². The number of hydrogen-bond donors (Lipinski definition) is 0. The fourth-order valence-corrected chi connectivity index (χ4v) is 3.21. The first-order valence-electron chi connectivity index (χ1n) is 6.28. The van der Waals surface area contributed by atoms with Gasteiger partial charge in [-0.3, -0.25) is 0 Å². The molecule has 86 valence electrons. The summed E-state index contributed by atoms with van der Waals surface area (Å²) in [4.78, 5) is 2.51. The molecule has 1 fully saturated rings. The molecule has 2 heterocycles. The van der Waals surface area contributed by atoms with Gasteiger partial charge < -0.3 is 9.64 Å². The lowest BCUT2D eigenvalue weighted by Crippen LogP contribution is -2.38. The van der Waals surface area contributed by atoms with Gasteiger partial charge in [0.2, 0.25) is 0 Å². The molecular formula is C14H19NO. The molecule has 0 bridgehead atoms. The first-order valence-corrected chi connectivity index (χ1v) is 6.28. The molecule has 0 N–H and O–H groups in total. The topological polar surface area (TPSA) is 12.5 Å². The lowest BCUT2D eigenvalue weighted by atomic mass is 9.76. The van der Waals surface area contributed by atoms with E-state index in [4.69, 9.17) is 4.74 Å². The van der Waals surface area contributed by atoms with E-state index < -0.39 is 0 Å². The van der Waals surface area contributed by atoms with Crippen LogP contribution in [0.15, 0.2) is 24.3 Å². The van der Waals surface area contributed by atoms with Gasteiger partial charge in [0.15, 0.2) is 0 Å². The number of likely N-dealkylation sites (N-methyl/N-ethyl adjacent to an activating group) is 1. The van der Waals surface area contributed by atoms with Crippen LogP contribution in [0.25, 0.3) is 0 Å². The molecule has 1 spiro atoms. The van der Waals surface area contributed by atoms with Crippen LogP contribution in [0.4, 0.5) is 5.69 Å². The predicted molar refractivity (Wildman–Crippen MR) is 66.1 cm³/mol. The molecule has 2 aliphatic heterocycles. The van der Waals surface area contributed by atoms with Crippen LogP contribution in [0, 0.1) is 0 Å². The molecule has 1 aromatic carbocycles. The number of rotatable bonds is 1. The van der Waals surface area contributed by atoms with Crippen LogP contribution in [-0.4, -0.2) is 26.3 Å². The van der Waals surface area contributed by atoms with E-state index in [2.05, 4.69) is 36.1 Å². The van der Waals surface area contributed by atoms with Gasteiger partial charge in [-0.05, 0) is 31.4 Å². The standard InChI is InChI=1S/C14H19NO/c1-2-15-11-14(7-9-16-10-8-14)12-5-3-4-6-13(12)15/h3-6H,2,7-11H2,1H3. The third-order valence-electron chi connectivity index (χ3n) is 4.14. The highest BCUT2D eigenvalue weighted by molar-refractivity contribution is 5.62. The SMILES string of the molecule is CCN1CC2(CCOCC2)c2ccccc21. The van der Waals surface area contributed by atoms with Crippen LogP contribution < -0.4 is 4.90 Å². The largest absolute Gasteiger partial charge is 0.381 e. The minimum atomic E-state index is 0.380. The van der Waals surface area contributed by atoms with Gasteiger partial charge in [-0.15, -0.1) is 0 Å². The summed E-state index contributed by atoms with van der Waals surface area (Å²) in [5.41, 5.74) is 3.39. The van der Waals surface area contributed by atoms with E-state index in [1.165, 1.54) is 25.1 Å². The van der Waals surface area contributed by atoms with Crippen LogP contribution >= 0.6 is 0 Å². The molecule has 0 aliphatic carbocycles. The second-order valence-corrected chi connectivity index (χ2v) is 4.92. The first-order chi connectivity index (χ1) is 7.86. The zero-order valence-electron chi connectivity index (χ0n) is 9.91. The third kappa shape index (κ3) is 1.36. The van der Waals surface area contributed by atoms with Crippen molar-refractivity contribution in [1.29, 1.82) is 0 Å². The average molecular weight is 217 g/mol. The Morgan fingerprint density at radius 1 is 1.25 bits per heavy atom. The van der Waals surface area contributed by atoms with Crippen molar-refractivity contribution in [2.45, 2.75) is 25.2 Å². The van der Waals surface area contributed by atoms with E-state index in [9.17, 15) is 0 Å². The van der Waals surface area contributed by atoms with Gasteiger partial charge in [-0.25, -0.2) is 0 Å². The Kier molecular flexibility index (Phi) is 2.40. The van der Waals surface area contributed by atoms with Crippen LogP contribution in [-0.2, 0) is 10.2 Å². The summed E-state index contributed by atoms with van der Waals surface area (Å²) in [6, 6.07) is 8.91. The highest BCUT2D eigenvalue weighted by atomic mass is 16.5. The molecule has 0 unspecified atom stereocenters. The van der Waals surface area contributed by atoms with Crippen molar-refractivity contribution in [3.05, 3.63) is 29.8 Å². The van der Waals surface area contributed by atoms with Crippen LogP contribution in [0.3, 0.4) is 0 Å². The number of para-hydroxylation sites is 1. The minimum absolute atomic E-state index is 0.380. The Labute approximate surface area is 97.2 Å². The summed E-state index contributed by atoms with van der Waals surface area (Å²) in [6.07, 6.45) is 2.36. The second-order valence-electron chi connectivity index (χ2n) is 4.92. The first kappa shape index (κ1) is 10.2. The molecule has 0 aromatic heterocycles. The fraction of sp³-hybridized carbons (Fsp3) is 0.571. The molecule has 0 saturated carbocycles. The minimum Gasteiger partial charge on any atom is -0.381 e. The molecule has 0 radical (unpaired) electrons. The smallest absolute Gasteiger partial charge is 0.0475 e. The number of hydrogen-bond acceptors (Lipinski definition) is 2. The second kappa shape index (κ2) is 3.77. The molecule has 16 heavy (non-hydrogen) atoms. The Hall–Kier alpha value is -1.02. The van der Waals surface area contributed by atoms with Gasteiger partial charge >= 0.3 is 0 Å². The molecule has 2 aliphatic rings. The van der Waals surface area contributed by atoms with Crippen molar-refractivity contribution < 1.29 is 4.74 Å². The third-order valence-corrected chi connectivity index (χ3v) is 4.14. The molecule has 1 aromatic rings. The number of anilines is 1.